The summed E-state index contributed by atoms with van der Waals surface area (Å²) in [7, 11) is 0. The molecule has 0 atom stereocenters. The molecule has 0 aromatic carbocycles. The van der Waals surface area contributed by atoms with Gasteiger partial charge < -0.3 is 4.79 Å². The van der Waals surface area contributed by atoms with Crippen LogP contribution < -0.4 is 0 Å². The molecule has 0 unspecified atom stereocenters. The standard InChI is InChI=1S/C5H8O.Cu/c1-5(2)3-4-6;/h4H,1,3H2,2H3;. The fraction of sp³-hybridized carbons (Fsp3) is 0.400. The van der Waals surface area contributed by atoms with E-state index >= 15 is 0 Å². The summed E-state index contributed by atoms with van der Waals surface area (Å²) in [6.07, 6.45) is 1.35. The minimum atomic E-state index is 0. The first-order valence-electron chi connectivity index (χ1n) is 1.85. The monoisotopic (exact) mass is 147 g/mol. The molecule has 45 valence electrons. The largest absolute Gasteiger partial charge is 0.303 e. The van der Waals surface area contributed by atoms with Crippen molar-refractivity contribution in [3.8, 4) is 0 Å². The quantitative estimate of drug-likeness (QED) is 0.326. The number of hydrogen-bond acceptors (Lipinski definition) is 1. The number of allylic oxidation sites excluding steroid dienone is 1. The van der Waals surface area contributed by atoms with Crippen LogP contribution in [0.5, 0.6) is 0 Å². The topological polar surface area (TPSA) is 17.1 Å². The summed E-state index contributed by atoms with van der Waals surface area (Å²) >= 11 is 0. The van der Waals surface area contributed by atoms with Crippen molar-refractivity contribution in [2.45, 2.75) is 13.3 Å². The van der Waals surface area contributed by atoms with Crippen LogP contribution in [0.15, 0.2) is 12.2 Å². The van der Waals surface area contributed by atoms with Gasteiger partial charge in [-0.15, -0.1) is 0 Å². The smallest absolute Gasteiger partial charge is 0.124 e. The number of aldehydes is 1. The van der Waals surface area contributed by atoms with E-state index in [0.29, 0.717) is 6.42 Å². The summed E-state index contributed by atoms with van der Waals surface area (Å²) in [6, 6.07) is 0. The van der Waals surface area contributed by atoms with E-state index in [9.17, 15) is 4.79 Å². The minimum absolute atomic E-state index is 0. The number of carbonyl (C=O) groups excluding carboxylic acids is 1. The van der Waals surface area contributed by atoms with Gasteiger partial charge in [-0.05, 0) is 6.92 Å². The van der Waals surface area contributed by atoms with Crippen LogP contribution in [0, 0.1) is 0 Å². The summed E-state index contributed by atoms with van der Waals surface area (Å²) in [5.74, 6) is 0. The molecular formula is C5H8CuO. The van der Waals surface area contributed by atoms with Gasteiger partial charge in [0.05, 0.1) is 0 Å². The molecule has 0 aliphatic carbocycles. The summed E-state index contributed by atoms with van der Waals surface area (Å²) in [5, 5.41) is 0. The van der Waals surface area contributed by atoms with Gasteiger partial charge in [-0.2, -0.15) is 0 Å². The van der Waals surface area contributed by atoms with Gasteiger partial charge >= 0.3 is 0 Å². The molecule has 0 heterocycles. The Morgan fingerprint density at radius 3 is 2.29 bits per heavy atom. The zero-order valence-corrected chi connectivity index (χ0v) is 5.14. The van der Waals surface area contributed by atoms with Crippen molar-refractivity contribution in [1.82, 2.24) is 0 Å². The van der Waals surface area contributed by atoms with E-state index in [4.69, 9.17) is 0 Å². The van der Waals surface area contributed by atoms with Gasteiger partial charge in [0.15, 0.2) is 0 Å². The number of rotatable bonds is 2. The Kier molecular flexibility index (Phi) is 8.49. The fourth-order valence-corrected chi connectivity index (χ4v) is 0.142. The average Bonchev–Trinajstić information content (AvgIpc) is 1.35. The van der Waals surface area contributed by atoms with Crippen LogP contribution in [-0.4, -0.2) is 6.29 Å². The molecule has 0 bridgehead atoms. The Morgan fingerprint density at radius 1 is 1.86 bits per heavy atom. The summed E-state index contributed by atoms with van der Waals surface area (Å²) in [4.78, 5) is 9.55. The third-order valence-electron chi connectivity index (χ3n) is 0.432. The normalized spacial score (nSPS) is 6.43. The fourth-order valence-electron chi connectivity index (χ4n) is 0.142. The molecule has 0 aliphatic heterocycles. The summed E-state index contributed by atoms with van der Waals surface area (Å²) in [6.45, 7) is 5.34. The van der Waals surface area contributed by atoms with E-state index in [1.54, 1.807) is 0 Å². The van der Waals surface area contributed by atoms with Crippen LogP contribution in [0.2, 0.25) is 0 Å². The zero-order valence-electron chi connectivity index (χ0n) is 4.20. The average molecular weight is 148 g/mol. The maximum atomic E-state index is 9.55. The van der Waals surface area contributed by atoms with Crippen molar-refractivity contribution < 1.29 is 21.9 Å². The predicted molar refractivity (Wildman–Crippen MR) is 25.5 cm³/mol. The number of hydrogen-bond donors (Lipinski definition) is 0. The predicted octanol–water partition coefficient (Wildman–Crippen LogP) is 1.15. The maximum absolute atomic E-state index is 9.55. The van der Waals surface area contributed by atoms with Gasteiger partial charge in [0, 0.05) is 23.5 Å². The molecule has 0 spiro atoms. The van der Waals surface area contributed by atoms with Gasteiger partial charge in [-0.25, -0.2) is 0 Å². The first-order valence-corrected chi connectivity index (χ1v) is 1.85. The van der Waals surface area contributed by atoms with Crippen molar-refractivity contribution in [1.29, 1.82) is 0 Å². The summed E-state index contributed by atoms with van der Waals surface area (Å²) in [5.41, 5.74) is 0.921. The van der Waals surface area contributed by atoms with Crippen molar-refractivity contribution >= 4 is 6.29 Å². The van der Waals surface area contributed by atoms with Gasteiger partial charge in [-0.1, -0.05) is 12.2 Å². The molecule has 0 fully saturated rings. The molecule has 7 heavy (non-hydrogen) atoms. The van der Waals surface area contributed by atoms with Crippen molar-refractivity contribution in [2.24, 2.45) is 0 Å². The molecule has 2 heteroatoms. The summed E-state index contributed by atoms with van der Waals surface area (Å²) < 4.78 is 0. The Morgan fingerprint density at radius 2 is 2.29 bits per heavy atom. The molecule has 1 nitrogen and oxygen atoms in total. The van der Waals surface area contributed by atoms with Crippen LogP contribution in [0.1, 0.15) is 13.3 Å². The van der Waals surface area contributed by atoms with Gasteiger partial charge in [0.25, 0.3) is 0 Å². The Labute approximate surface area is 54.3 Å². The maximum Gasteiger partial charge on any atom is 0.124 e. The molecule has 0 N–H and O–H groups in total. The van der Waals surface area contributed by atoms with Crippen LogP contribution in [0.4, 0.5) is 0 Å². The second kappa shape index (κ2) is 5.93. The Balaban J connectivity index is 0. The molecule has 0 rings (SSSR count). The van der Waals surface area contributed by atoms with Gasteiger partial charge in [0.1, 0.15) is 6.29 Å². The molecule has 0 aliphatic rings. The van der Waals surface area contributed by atoms with E-state index in [0.717, 1.165) is 11.9 Å². The second-order valence-corrected chi connectivity index (χ2v) is 1.33. The first kappa shape index (κ1) is 10.0. The van der Waals surface area contributed by atoms with Crippen LogP contribution in [0.3, 0.4) is 0 Å². The Bertz CT molecular complexity index is 68.5. The molecular weight excluding hydrogens is 140 g/mol. The van der Waals surface area contributed by atoms with E-state index < -0.39 is 0 Å². The van der Waals surface area contributed by atoms with E-state index in [-0.39, 0.29) is 17.1 Å². The molecule has 0 aromatic heterocycles. The zero-order chi connectivity index (χ0) is 4.99. The molecule has 0 saturated carbocycles. The van der Waals surface area contributed by atoms with E-state index in [1.165, 1.54) is 0 Å². The van der Waals surface area contributed by atoms with E-state index in [1.807, 2.05) is 6.92 Å². The SMILES string of the molecule is C=C(C)CC=O.[Cu]. The minimum Gasteiger partial charge on any atom is -0.303 e. The Hall–Kier alpha value is -0.0705. The molecule has 1 radical (unpaired) electrons. The van der Waals surface area contributed by atoms with Gasteiger partial charge in [0.2, 0.25) is 0 Å². The molecule has 0 amide bonds. The molecule has 0 saturated heterocycles. The number of carbonyl (C=O) groups is 1. The van der Waals surface area contributed by atoms with Gasteiger partial charge in [-0.3, -0.25) is 0 Å². The first-order chi connectivity index (χ1) is 2.77. The van der Waals surface area contributed by atoms with Crippen LogP contribution in [-0.2, 0) is 21.9 Å². The van der Waals surface area contributed by atoms with Crippen molar-refractivity contribution in [2.75, 3.05) is 0 Å². The van der Waals surface area contributed by atoms with Crippen molar-refractivity contribution in [3.05, 3.63) is 12.2 Å². The van der Waals surface area contributed by atoms with Crippen LogP contribution in [0.25, 0.3) is 0 Å². The van der Waals surface area contributed by atoms with E-state index in [2.05, 4.69) is 6.58 Å². The second-order valence-electron chi connectivity index (χ2n) is 1.33. The third-order valence-corrected chi connectivity index (χ3v) is 0.432. The van der Waals surface area contributed by atoms with Crippen LogP contribution >= 0.6 is 0 Å². The van der Waals surface area contributed by atoms with Crippen molar-refractivity contribution in [3.63, 3.8) is 0 Å². The molecule has 0 aromatic rings. The third kappa shape index (κ3) is 10.7.